The number of carbonyl (C=O) groups excluding carboxylic acids is 1. The molecule has 0 saturated carbocycles. The number of hydrogen-bond acceptors (Lipinski definition) is 6. The van der Waals surface area contributed by atoms with Gasteiger partial charge in [-0.1, -0.05) is 40.8 Å². The molecule has 8 heteroatoms. The summed E-state index contributed by atoms with van der Waals surface area (Å²) in [5, 5.41) is 13.6. The molecule has 4 heterocycles. The van der Waals surface area contributed by atoms with Crippen LogP contribution in [0, 0.1) is 0 Å². The molecule has 2 aliphatic heterocycles. The highest BCUT2D eigenvalue weighted by atomic mass is 28.3. The highest BCUT2D eigenvalue weighted by molar-refractivity contribution is 6.94. The maximum absolute atomic E-state index is 13.7. The second-order valence-electron chi connectivity index (χ2n) is 12.1. The number of esters is 1. The van der Waals surface area contributed by atoms with E-state index in [1.54, 1.807) is 17.6 Å². The van der Waals surface area contributed by atoms with Crippen LogP contribution in [0.25, 0.3) is 22.3 Å². The molecule has 196 valence electrons. The number of ether oxygens (including phenoxy) is 2. The summed E-state index contributed by atoms with van der Waals surface area (Å²) in [4.78, 5) is 31.3. The van der Waals surface area contributed by atoms with Crippen molar-refractivity contribution in [2.45, 2.75) is 91.0 Å². The zero-order valence-corrected chi connectivity index (χ0v) is 24.0. The van der Waals surface area contributed by atoms with Crippen molar-refractivity contribution < 1.29 is 19.4 Å². The van der Waals surface area contributed by atoms with E-state index in [0.717, 1.165) is 27.9 Å². The molecule has 37 heavy (non-hydrogen) atoms. The summed E-state index contributed by atoms with van der Waals surface area (Å²) in [6.45, 7) is 17.6. The van der Waals surface area contributed by atoms with Crippen LogP contribution in [0.1, 0.15) is 64.7 Å². The Bertz CT molecular complexity index is 1520. The van der Waals surface area contributed by atoms with Crippen molar-refractivity contribution in [3.63, 3.8) is 0 Å². The normalized spacial score (nSPS) is 19.0. The van der Waals surface area contributed by atoms with E-state index in [9.17, 15) is 14.7 Å². The van der Waals surface area contributed by atoms with Crippen molar-refractivity contribution in [3.8, 4) is 17.1 Å². The number of carbonyl (C=O) groups is 1. The first-order valence-electron chi connectivity index (χ1n) is 13.0. The number of rotatable bonds is 4. The van der Waals surface area contributed by atoms with Crippen LogP contribution in [0.4, 0.5) is 0 Å². The number of aliphatic hydroxyl groups is 1. The molecule has 7 nitrogen and oxygen atoms in total. The molecular weight excluding hydrogens is 484 g/mol. The largest absolute Gasteiger partial charge is 0.491 e. The number of pyridine rings is 2. The number of cyclic esters (lactones) is 1. The summed E-state index contributed by atoms with van der Waals surface area (Å²) in [5.74, 6) is 0.0900. The van der Waals surface area contributed by atoms with Gasteiger partial charge in [0.05, 0.1) is 43.2 Å². The Balaban J connectivity index is 1.85. The summed E-state index contributed by atoms with van der Waals surface area (Å²) in [6, 6.07) is 7.81. The summed E-state index contributed by atoms with van der Waals surface area (Å²) in [7, 11) is -2.14. The van der Waals surface area contributed by atoms with Gasteiger partial charge < -0.3 is 19.1 Å². The molecule has 0 bridgehead atoms. The Morgan fingerprint density at radius 1 is 1.19 bits per heavy atom. The van der Waals surface area contributed by atoms with Crippen molar-refractivity contribution >= 4 is 30.1 Å². The molecular formula is C29H36N2O5Si. The fourth-order valence-electron chi connectivity index (χ4n) is 5.49. The first-order chi connectivity index (χ1) is 17.2. The van der Waals surface area contributed by atoms with Crippen LogP contribution in [0.5, 0.6) is 5.75 Å². The van der Waals surface area contributed by atoms with Gasteiger partial charge in [0, 0.05) is 10.9 Å². The second-order valence-corrected chi connectivity index (χ2v) is 17.4. The first-order valence-corrected chi connectivity index (χ1v) is 16.0. The van der Waals surface area contributed by atoms with Gasteiger partial charge in [-0.05, 0) is 60.3 Å². The highest BCUT2D eigenvalue weighted by Gasteiger charge is 2.47. The van der Waals surface area contributed by atoms with E-state index >= 15 is 0 Å². The van der Waals surface area contributed by atoms with Crippen LogP contribution in [0.2, 0.25) is 18.1 Å². The van der Waals surface area contributed by atoms with Crippen LogP contribution < -0.4 is 15.5 Å². The topological polar surface area (TPSA) is 90.7 Å². The van der Waals surface area contributed by atoms with Crippen molar-refractivity contribution in [2.24, 2.45) is 0 Å². The average Bonchev–Trinajstić information content (AvgIpc) is 3.17. The van der Waals surface area contributed by atoms with Crippen LogP contribution in [0.15, 0.2) is 29.1 Å². The van der Waals surface area contributed by atoms with E-state index < -0.39 is 19.6 Å². The minimum atomic E-state index is -2.14. The van der Waals surface area contributed by atoms with Gasteiger partial charge in [0.25, 0.3) is 5.56 Å². The van der Waals surface area contributed by atoms with Gasteiger partial charge in [-0.25, -0.2) is 9.78 Å². The van der Waals surface area contributed by atoms with E-state index in [-0.39, 0.29) is 29.7 Å². The third-order valence-electron chi connectivity index (χ3n) is 8.53. The average molecular weight is 521 g/mol. The third-order valence-corrected chi connectivity index (χ3v) is 14.1. The van der Waals surface area contributed by atoms with E-state index in [2.05, 4.69) is 39.9 Å². The van der Waals surface area contributed by atoms with Crippen molar-refractivity contribution in [1.29, 1.82) is 0 Å². The first kappa shape index (κ1) is 25.7. The lowest BCUT2D eigenvalue weighted by molar-refractivity contribution is -0.172. The number of fused-ring (bicyclic) bond motifs is 5. The van der Waals surface area contributed by atoms with Crippen molar-refractivity contribution in [2.75, 3.05) is 0 Å². The lowest BCUT2D eigenvalue weighted by Gasteiger charge is -2.39. The second kappa shape index (κ2) is 8.26. The molecule has 2 aromatic heterocycles. The van der Waals surface area contributed by atoms with Crippen molar-refractivity contribution in [1.82, 2.24) is 9.55 Å². The molecule has 0 fully saturated rings. The Labute approximate surface area is 218 Å². The van der Waals surface area contributed by atoms with Gasteiger partial charge in [0.2, 0.25) is 0 Å². The van der Waals surface area contributed by atoms with Gasteiger partial charge in [0.1, 0.15) is 12.4 Å². The number of hydrogen-bond donors (Lipinski definition) is 1. The number of benzene rings is 1. The van der Waals surface area contributed by atoms with E-state index in [4.69, 9.17) is 14.5 Å². The molecule has 0 radical (unpaired) electrons. The SMILES string of the molecule is CC[C@@]1(O)C(=O)OCc2c1cc1n(c2=O)Cc2c-1nc1ccc(OC(C)C)cc1c2[Si](C)(C)C(C)(C)C. The molecule has 1 aromatic carbocycles. The Morgan fingerprint density at radius 3 is 2.51 bits per heavy atom. The number of nitrogens with zero attached hydrogens (tertiary/aromatic N) is 2. The Kier molecular flexibility index (Phi) is 5.73. The van der Waals surface area contributed by atoms with Crippen LogP contribution >= 0.6 is 0 Å². The molecule has 5 rings (SSSR count). The summed E-state index contributed by atoms with van der Waals surface area (Å²) in [5.41, 5.74) is 1.89. The van der Waals surface area contributed by atoms with Gasteiger partial charge in [-0.2, -0.15) is 0 Å². The standard InChI is InChI=1S/C29H36N2O5Si/c1-9-29(34)21-13-23-24-19(14-31(23)26(32)20(21)15-35-27(29)33)25(37(7,8)28(4,5)6)18-12-17(36-16(2)3)10-11-22(18)30-24/h10-13,16,34H,9,14-15H2,1-8H3/t29-/m0/s1. The van der Waals surface area contributed by atoms with Crippen LogP contribution in [-0.2, 0) is 28.3 Å². The summed E-state index contributed by atoms with van der Waals surface area (Å²) < 4.78 is 13.0. The highest BCUT2D eigenvalue weighted by Crippen LogP contribution is 2.42. The maximum Gasteiger partial charge on any atom is 0.343 e. The van der Waals surface area contributed by atoms with Gasteiger partial charge >= 0.3 is 5.97 Å². The van der Waals surface area contributed by atoms with Gasteiger partial charge in [0.15, 0.2) is 5.60 Å². The molecule has 2 aliphatic rings. The Hall–Kier alpha value is -2.97. The fraction of sp³-hybridized carbons (Fsp3) is 0.483. The van der Waals surface area contributed by atoms with Crippen LogP contribution in [-0.4, -0.2) is 34.8 Å². The predicted molar refractivity (Wildman–Crippen MR) is 147 cm³/mol. The zero-order valence-electron chi connectivity index (χ0n) is 23.0. The zero-order chi connectivity index (χ0) is 27.1. The van der Waals surface area contributed by atoms with Gasteiger partial charge in [-0.3, -0.25) is 4.79 Å². The van der Waals surface area contributed by atoms with E-state index in [1.807, 2.05) is 26.0 Å². The smallest absolute Gasteiger partial charge is 0.343 e. The maximum atomic E-state index is 13.7. The van der Waals surface area contributed by atoms with E-state index in [0.29, 0.717) is 23.4 Å². The van der Waals surface area contributed by atoms with Crippen molar-refractivity contribution in [3.05, 3.63) is 51.3 Å². The Morgan fingerprint density at radius 2 is 1.89 bits per heavy atom. The molecule has 3 aromatic rings. The minimum absolute atomic E-state index is 0.0334. The third kappa shape index (κ3) is 3.67. The summed E-state index contributed by atoms with van der Waals surface area (Å²) in [6.07, 6.45) is 0.167. The molecule has 0 spiro atoms. The molecule has 1 atom stereocenters. The fourth-order valence-corrected chi connectivity index (χ4v) is 8.07. The molecule has 1 N–H and O–H groups in total. The minimum Gasteiger partial charge on any atom is -0.491 e. The van der Waals surface area contributed by atoms with Crippen LogP contribution in [0.3, 0.4) is 0 Å². The molecule has 0 unspecified atom stereocenters. The lowest BCUT2D eigenvalue weighted by atomic mass is 9.86. The van der Waals surface area contributed by atoms with Gasteiger partial charge in [-0.15, -0.1) is 0 Å². The number of aromatic nitrogens is 2. The predicted octanol–water partition coefficient (Wildman–Crippen LogP) is 4.58. The monoisotopic (exact) mass is 520 g/mol. The molecule has 0 amide bonds. The molecule has 0 aliphatic carbocycles. The van der Waals surface area contributed by atoms with E-state index in [1.165, 1.54) is 5.19 Å². The molecule has 0 saturated heterocycles. The quantitative estimate of drug-likeness (QED) is 0.313. The summed E-state index contributed by atoms with van der Waals surface area (Å²) >= 11 is 0. The lowest BCUT2D eigenvalue weighted by Crippen LogP contribution is -2.51.